The van der Waals surface area contributed by atoms with Gasteiger partial charge in [0.2, 0.25) is 11.8 Å². The summed E-state index contributed by atoms with van der Waals surface area (Å²) in [4.78, 5) is 78.2. The van der Waals surface area contributed by atoms with Crippen LogP contribution in [0.1, 0.15) is 101 Å². The second-order valence-corrected chi connectivity index (χ2v) is 22.0. The van der Waals surface area contributed by atoms with Crippen LogP contribution in [-0.4, -0.2) is 152 Å². The molecule has 69 heavy (non-hydrogen) atoms. The van der Waals surface area contributed by atoms with Crippen molar-refractivity contribution in [2.75, 3.05) is 51.2 Å². The van der Waals surface area contributed by atoms with Gasteiger partial charge < -0.3 is 49.8 Å². The number of aliphatic carboxylic acids is 1. The number of carboxylic acids is 1. The van der Waals surface area contributed by atoms with E-state index in [-0.39, 0.29) is 43.5 Å². The third-order valence-corrected chi connectivity index (χ3v) is 14.0. The van der Waals surface area contributed by atoms with Crippen LogP contribution in [0, 0.1) is 23.2 Å². The van der Waals surface area contributed by atoms with Crippen LogP contribution < -0.4 is 25.4 Å². The van der Waals surface area contributed by atoms with Crippen LogP contribution in [0.5, 0.6) is 11.5 Å². The van der Waals surface area contributed by atoms with Crippen molar-refractivity contribution < 1.29 is 48.0 Å². The number of nitrogens with one attached hydrogen (secondary N) is 3. The van der Waals surface area contributed by atoms with Gasteiger partial charge in [0.15, 0.2) is 5.82 Å². The highest BCUT2D eigenvalue weighted by Crippen LogP contribution is 2.52. The van der Waals surface area contributed by atoms with E-state index in [0.717, 1.165) is 12.8 Å². The Morgan fingerprint density at radius 1 is 0.928 bits per heavy atom. The molecule has 4 amide bonds. The van der Waals surface area contributed by atoms with E-state index in [1.165, 1.54) is 11.3 Å². The van der Waals surface area contributed by atoms with Crippen LogP contribution >= 0.6 is 0 Å². The molecule has 5 aliphatic rings. The number of alkyl carbamates (subject to hydrolysis) is 1. The van der Waals surface area contributed by atoms with Crippen molar-refractivity contribution >= 4 is 46.7 Å². The number of ether oxygens (including phenoxy) is 4. The minimum Gasteiger partial charge on any atom is -0.492 e. The number of anilines is 1. The average molecular weight is 958 g/mol. The lowest BCUT2D eigenvalue weighted by molar-refractivity contribution is -0.146. The molecule has 4 unspecified atom stereocenters. The van der Waals surface area contributed by atoms with E-state index in [1.807, 2.05) is 86.6 Å². The van der Waals surface area contributed by atoms with Crippen molar-refractivity contribution in [2.45, 2.75) is 142 Å². The van der Waals surface area contributed by atoms with Gasteiger partial charge in [0.05, 0.1) is 12.1 Å². The molecule has 3 aromatic rings. The maximum Gasteiger partial charge on any atom is 0.410 e. The minimum absolute atomic E-state index is 0.0277. The molecule has 5 fully saturated rings. The van der Waals surface area contributed by atoms with E-state index in [9.17, 15) is 29.1 Å². The van der Waals surface area contributed by atoms with E-state index in [4.69, 9.17) is 29.0 Å². The lowest BCUT2D eigenvalue weighted by Crippen LogP contribution is -2.59. The molecular weight excluding hydrogens is 887 g/mol. The zero-order chi connectivity index (χ0) is 49.6. The maximum absolute atomic E-state index is 14.9. The Bertz CT molecular complexity index is 2390. The number of likely N-dealkylation sites (tertiary alicyclic amines) is 1. The molecule has 0 radical (unpaired) electrons. The molecule has 7 atom stereocenters. The van der Waals surface area contributed by atoms with Gasteiger partial charge in [-0.3, -0.25) is 14.5 Å². The number of pyridine rings is 1. The Morgan fingerprint density at radius 2 is 1.65 bits per heavy atom. The fourth-order valence-corrected chi connectivity index (χ4v) is 10.1. The zero-order valence-corrected chi connectivity index (χ0v) is 41.6. The first-order valence-corrected chi connectivity index (χ1v) is 24.7. The molecule has 376 valence electrons. The molecule has 2 aromatic heterocycles. The van der Waals surface area contributed by atoms with Gasteiger partial charge in [0.25, 0.3) is 0 Å². The molecule has 4 heterocycles. The molecule has 19 nitrogen and oxygen atoms in total. The summed E-state index contributed by atoms with van der Waals surface area (Å²) in [6, 6.07) is 7.11. The van der Waals surface area contributed by atoms with Gasteiger partial charge in [0, 0.05) is 75.0 Å². The molecule has 8 rings (SSSR count). The number of aromatic nitrogens is 3. The van der Waals surface area contributed by atoms with Gasteiger partial charge >= 0.3 is 18.2 Å². The van der Waals surface area contributed by atoms with Crippen LogP contribution in [0.15, 0.2) is 36.5 Å². The summed E-state index contributed by atoms with van der Waals surface area (Å²) in [6.45, 7) is 20.5. The van der Waals surface area contributed by atoms with Crippen molar-refractivity contribution in [2.24, 2.45) is 23.2 Å². The van der Waals surface area contributed by atoms with Crippen molar-refractivity contribution in [3.63, 3.8) is 0 Å². The number of nitrogens with zero attached hydrogens (tertiary/aromatic N) is 6. The van der Waals surface area contributed by atoms with E-state index in [1.54, 1.807) is 21.8 Å². The highest BCUT2D eigenvalue weighted by molar-refractivity contribution is 5.96. The lowest BCUT2D eigenvalue weighted by Gasteiger charge is -2.35. The van der Waals surface area contributed by atoms with E-state index >= 15 is 0 Å². The molecule has 1 aromatic carbocycles. The van der Waals surface area contributed by atoms with Gasteiger partial charge in [-0.2, -0.15) is 0 Å². The number of benzene rings is 1. The Morgan fingerprint density at radius 3 is 2.29 bits per heavy atom. The molecule has 4 N–H and O–H groups in total. The number of piperazine rings is 1. The number of amides is 4. The summed E-state index contributed by atoms with van der Waals surface area (Å²) in [5.41, 5.74) is -2.22. The topological polar surface area (TPSA) is 219 Å². The van der Waals surface area contributed by atoms with Crippen molar-refractivity contribution in [3.8, 4) is 17.3 Å². The highest BCUT2D eigenvalue weighted by atomic mass is 16.6. The van der Waals surface area contributed by atoms with E-state index < -0.39 is 58.6 Å². The second-order valence-electron chi connectivity index (χ2n) is 22.0. The quantitative estimate of drug-likeness (QED) is 0.133. The summed E-state index contributed by atoms with van der Waals surface area (Å²) < 4.78 is 26.1. The summed E-state index contributed by atoms with van der Waals surface area (Å²) in [6.07, 6.45) is 3.58. The van der Waals surface area contributed by atoms with E-state index in [2.05, 4.69) is 20.9 Å². The Balaban J connectivity index is 1.03. The number of fused-ring (bicyclic) bond motifs is 2. The standard InChI is InChI=1S/C50H71N9O10/c1-10-32-27-50(32,45(62)63)54-43(60)38-25-35(28-58(38)44(61)42(48(4,5)6)53-46(64)68-34-22-30-21-31(30)23-34)67-39-26-41(59-14-13-40(55-59)51-29(2)3)52-37-24-33(11-12-36(37)39)66-20-19-56-15-17-57(18-16-56)47(65)69-49(7,8)9/h11-14,24,26,29-32,34-35,38,42H,10,15-23,25,27-28H2,1-9H3,(H,51,55)(H,53,64)(H,54,60)(H,62,63)/t30?,31?,32?,34?,35-,38?,42-,50-/m1/s1. The SMILES string of the molecule is CCC1C[C@]1(NC(=O)C1C[C@@H](Oc2cc(-n3ccc(NC(C)C)n3)nc3cc(OCCN4CCN(C(=O)OC(C)(C)C)CC4)ccc23)CN1C(=O)[C@@H](NC(=O)OC1CC2CC2C1)C(C)(C)C)C(=O)O. The molecule has 2 saturated heterocycles. The molecule has 3 saturated carbocycles. The van der Waals surface area contributed by atoms with Gasteiger partial charge in [-0.05, 0) is 95.6 Å². The highest BCUT2D eigenvalue weighted by Gasteiger charge is 2.61. The Hall–Kier alpha value is -5.85. The monoisotopic (exact) mass is 958 g/mol. The van der Waals surface area contributed by atoms with Gasteiger partial charge in [-0.15, -0.1) is 5.10 Å². The normalized spacial score (nSPS) is 26.0. The lowest BCUT2D eigenvalue weighted by atomic mass is 9.85. The summed E-state index contributed by atoms with van der Waals surface area (Å²) in [5, 5.41) is 24.6. The van der Waals surface area contributed by atoms with Gasteiger partial charge in [-0.25, -0.2) is 24.0 Å². The summed E-state index contributed by atoms with van der Waals surface area (Å²) in [5.74, 6) is 0.857. The summed E-state index contributed by atoms with van der Waals surface area (Å²) >= 11 is 0. The number of carbonyl (C=O) groups is 5. The van der Waals surface area contributed by atoms with Gasteiger partial charge in [-0.1, -0.05) is 34.1 Å². The van der Waals surface area contributed by atoms with Crippen LogP contribution in [0.2, 0.25) is 0 Å². The average Bonchev–Trinajstić information content (AvgIpc) is 3.94. The minimum atomic E-state index is -1.42. The summed E-state index contributed by atoms with van der Waals surface area (Å²) in [7, 11) is 0. The fraction of sp³-hybridized carbons (Fsp3) is 0.660. The number of hydrogen-bond donors (Lipinski definition) is 4. The second kappa shape index (κ2) is 19.5. The molecule has 0 bridgehead atoms. The number of rotatable bonds is 16. The predicted molar refractivity (Wildman–Crippen MR) is 256 cm³/mol. The molecule has 19 heteroatoms. The van der Waals surface area contributed by atoms with Crippen LogP contribution in [0.25, 0.3) is 16.7 Å². The smallest absolute Gasteiger partial charge is 0.410 e. The number of carbonyl (C=O) groups excluding carboxylic acids is 4. The van der Waals surface area contributed by atoms with Crippen LogP contribution in [0.3, 0.4) is 0 Å². The first kappa shape index (κ1) is 49.6. The largest absolute Gasteiger partial charge is 0.492 e. The number of hydrogen-bond acceptors (Lipinski definition) is 13. The van der Waals surface area contributed by atoms with Crippen molar-refractivity contribution in [1.29, 1.82) is 0 Å². The molecular formula is C50H71N9O10. The predicted octanol–water partition coefficient (Wildman–Crippen LogP) is 5.83. The molecule has 2 aliphatic heterocycles. The molecule has 0 spiro atoms. The first-order valence-electron chi connectivity index (χ1n) is 24.7. The Labute approximate surface area is 404 Å². The van der Waals surface area contributed by atoms with E-state index in [0.29, 0.717) is 91.6 Å². The zero-order valence-electron chi connectivity index (χ0n) is 41.6. The maximum atomic E-state index is 14.9. The first-order chi connectivity index (χ1) is 32.6. The third kappa shape index (κ3) is 11.6. The Kier molecular flexibility index (Phi) is 14.0. The third-order valence-electron chi connectivity index (χ3n) is 14.0. The van der Waals surface area contributed by atoms with Crippen LogP contribution in [-0.2, 0) is 23.9 Å². The number of carboxylic acid groups (broad SMARTS) is 1. The van der Waals surface area contributed by atoms with Crippen molar-refractivity contribution in [3.05, 3.63) is 36.5 Å². The van der Waals surface area contributed by atoms with Gasteiger partial charge in [0.1, 0.15) is 59.4 Å². The molecule has 3 aliphatic carbocycles. The fourth-order valence-electron chi connectivity index (χ4n) is 10.1. The van der Waals surface area contributed by atoms with Crippen molar-refractivity contribution in [1.82, 2.24) is 40.1 Å². The van der Waals surface area contributed by atoms with Crippen LogP contribution in [0.4, 0.5) is 15.4 Å².